The molecule has 1 aliphatic rings. The van der Waals surface area contributed by atoms with Gasteiger partial charge in [0.05, 0.1) is 5.92 Å². The summed E-state index contributed by atoms with van der Waals surface area (Å²) in [5.41, 5.74) is 0.979. The second-order valence-corrected chi connectivity index (χ2v) is 4.25. The molecule has 74 valence electrons. The maximum absolute atomic E-state index is 11.0. The Kier molecular flexibility index (Phi) is 1.88. The molecule has 1 aromatic carbocycles. The van der Waals surface area contributed by atoms with Crippen molar-refractivity contribution in [2.75, 3.05) is 0 Å². The van der Waals surface area contributed by atoms with Gasteiger partial charge in [0.2, 0.25) is 0 Å². The summed E-state index contributed by atoms with van der Waals surface area (Å²) < 4.78 is 0. The first-order chi connectivity index (χ1) is 6.58. The van der Waals surface area contributed by atoms with Crippen molar-refractivity contribution in [2.45, 2.75) is 19.3 Å². The lowest BCUT2D eigenvalue weighted by atomic mass is 9.94. The van der Waals surface area contributed by atoms with Crippen LogP contribution in [-0.4, -0.2) is 11.1 Å². The van der Waals surface area contributed by atoms with E-state index in [0.29, 0.717) is 0 Å². The lowest BCUT2D eigenvalue weighted by molar-refractivity contribution is -0.139. The molecule has 0 aromatic heterocycles. The van der Waals surface area contributed by atoms with Crippen LogP contribution < -0.4 is 0 Å². The van der Waals surface area contributed by atoms with Crippen LogP contribution in [-0.2, 0) is 10.2 Å². The number of carbonyl (C=O) groups is 1. The molecular formula is C12H14O2. The molecular weight excluding hydrogens is 176 g/mol. The molecule has 1 saturated carbocycles. The predicted octanol–water partition coefficient (Wildman–Crippen LogP) is 2.29. The Hall–Kier alpha value is -1.31. The Balaban J connectivity index is 2.33. The minimum atomic E-state index is -0.677. The first kappa shape index (κ1) is 9.25. The molecule has 1 N–H and O–H groups in total. The summed E-state index contributed by atoms with van der Waals surface area (Å²) in [5, 5.41) is 9.02. The van der Waals surface area contributed by atoms with Gasteiger partial charge in [-0.3, -0.25) is 4.79 Å². The van der Waals surface area contributed by atoms with Crippen LogP contribution in [0.4, 0.5) is 0 Å². The smallest absolute Gasteiger partial charge is 0.307 e. The molecule has 2 heteroatoms. The van der Waals surface area contributed by atoms with Crippen LogP contribution in [0.15, 0.2) is 30.3 Å². The van der Waals surface area contributed by atoms with Crippen molar-refractivity contribution >= 4 is 5.97 Å². The minimum Gasteiger partial charge on any atom is -0.481 e. The molecule has 0 unspecified atom stereocenters. The van der Waals surface area contributed by atoms with Crippen molar-refractivity contribution in [1.29, 1.82) is 0 Å². The fraction of sp³-hybridized carbons (Fsp3) is 0.417. The van der Waals surface area contributed by atoms with E-state index in [-0.39, 0.29) is 17.3 Å². The summed E-state index contributed by atoms with van der Waals surface area (Å²) in [7, 11) is 0. The molecule has 3 atom stereocenters. The van der Waals surface area contributed by atoms with Crippen LogP contribution in [0.25, 0.3) is 0 Å². The van der Waals surface area contributed by atoms with Crippen molar-refractivity contribution in [3.05, 3.63) is 35.9 Å². The molecule has 14 heavy (non-hydrogen) atoms. The lowest BCUT2D eigenvalue weighted by Gasteiger charge is -2.10. The second-order valence-electron chi connectivity index (χ2n) is 4.25. The summed E-state index contributed by atoms with van der Waals surface area (Å²) in [6.45, 7) is 4.04. The zero-order chi connectivity index (χ0) is 10.3. The molecule has 0 saturated heterocycles. The Morgan fingerprint density at radius 2 is 1.93 bits per heavy atom. The average molecular weight is 190 g/mol. The minimum absolute atomic E-state index is 0.160. The maximum atomic E-state index is 11.0. The number of hydrogen-bond acceptors (Lipinski definition) is 1. The summed E-state index contributed by atoms with van der Waals surface area (Å²) in [5.74, 6) is -0.656. The number of carboxylic acids is 1. The zero-order valence-corrected chi connectivity index (χ0v) is 8.40. The van der Waals surface area contributed by atoms with E-state index in [0.717, 1.165) is 5.56 Å². The molecule has 1 fully saturated rings. The molecule has 0 spiro atoms. The van der Waals surface area contributed by atoms with Gasteiger partial charge in [0.25, 0.3) is 0 Å². The Morgan fingerprint density at radius 1 is 1.36 bits per heavy atom. The van der Waals surface area contributed by atoms with Gasteiger partial charge in [-0.1, -0.05) is 44.2 Å². The lowest BCUT2D eigenvalue weighted by Crippen LogP contribution is -2.10. The molecule has 0 aliphatic heterocycles. The fourth-order valence-electron chi connectivity index (χ4n) is 2.44. The van der Waals surface area contributed by atoms with Crippen molar-refractivity contribution in [2.24, 2.45) is 11.8 Å². The van der Waals surface area contributed by atoms with Crippen molar-refractivity contribution in [3.8, 4) is 0 Å². The third-order valence-corrected chi connectivity index (χ3v) is 3.64. The van der Waals surface area contributed by atoms with Gasteiger partial charge < -0.3 is 5.11 Å². The first-order valence-electron chi connectivity index (χ1n) is 4.87. The third-order valence-electron chi connectivity index (χ3n) is 3.64. The quantitative estimate of drug-likeness (QED) is 0.776. The topological polar surface area (TPSA) is 37.3 Å². The van der Waals surface area contributed by atoms with Crippen LogP contribution in [0.5, 0.6) is 0 Å². The van der Waals surface area contributed by atoms with E-state index in [1.807, 2.05) is 44.2 Å². The van der Waals surface area contributed by atoms with Crippen LogP contribution in [0.2, 0.25) is 0 Å². The summed E-state index contributed by atoms with van der Waals surface area (Å²) in [6.07, 6.45) is 0. The van der Waals surface area contributed by atoms with Gasteiger partial charge in [-0.05, 0) is 11.5 Å². The number of hydrogen-bond donors (Lipinski definition) is 1. The van der Waals surface area contributed by atoms with Gasteiger partial charge in [-0.15, -0.1) is 0 Å². The highest BCUT2D eigenvalue weighted by atomic mass is 16.4. The van der Waals surface area contributed by atoms with Crippen LogP contribution in [0.1, 0.15) is 19.4 Å². The third kappa shape index (κ3) is 1.07. The predicted molar refractivity (Wildman–Crippen MR) is 54.1 cm³/mol. The van der Waals surface area contributed by atoms with Gasteiger partial charge in [0.15, 0.2) is 0 Å². The van der Waals surface area contributed by atoms with E-state index in [4.69, 9.17) is 5.11 Å². The fourth-order valence-corrected chi connectivity index (χ4v) is 2.44. The highest BCUT2D eigenvalue weighted by molar-refractivity contribution is 5.78. The normalized spacial score (nSPS) is 35.3. The monoisotopic (exact) mass is 190 g/mol. The van der Waals surface area contributed by atoms with Gasteiger partial charge in [-0.2, -0.15) is 0 Å². The average Bonchev–Trinajstić information content (AvgIpc) is 2.72. The van der Waals surface area contributed by atoms with Crippen molar-refractivity contribution in [3.63, 3.8) is 0 Å². The van der Waals surface area contributed by atoms with Crippen molar-refractivity contribution < 1.29 is 9.90 Å². The number of rotatable bonds is 2. The molecule has 1 aromatic rings. The van der Waals surface area contributed by atoms with E-state index in [9.17, 15) is 4.79 Å². The van der Waals surface area contributed by atoms with E-state index in [1.54, 1.807) is 0 Å². The van der Waals surface area contributed by atoms with Gasteiger partial charge in [0.1, 0.15) is 0 Å². The highest BCUT2D eigenvalue weighted by Gasteiger charge is 2.63. The van der Waals surface area contributed by atoms with Crippen molar-refractivity contribution in [1.82, 2.24) is 0 Å². The first-order valence-corrected chi connectivity index (χ1v) is 4.87. The Labute approximate surface area is 83.6 Å². The Bertz CT molecular complexity index is 358. The summed E-state index contributed by atoms with van der Waals surface area (Å²) in [6, 6.07) is 9.91. The molecule has 2 nitrogen and oxygen atoms in total. The Morgan fingerprint density at radius 3 is 2.36 bits per heavy atom. The van der Waals surface area contributed by atoms with Crippen LogP contribution in [0, 0.1) is 11.8 Å². The van der Waals surface area contributed by atoms with E-state index >= 15 is 0 Å². The highest BCUT2D eigenvalue weighted by Crippen LogP contribution is 2.59. The summed E-state index contributed by atoms with van der Waals surface area (Å²) >= 11 is 0. The largest absolute Gasteiger partial charge is 0.481 e. The van der Waals surface area contributed by atoms with Gasteiger partial charge in [-0.25, -0.2) is 0 Å². The number of aliphatic carboxylic acids is 1. The maximum Gasteiger partial charge on any atom is 0.307 e. The summed E-state index contributed by atoms with van der Waals surface area (Å²) in [4.78, 5) is 11.0. The molecule has 0 heterocycles. The molecule has 0 bridgehead atoms. The number of benzene rings is 1. The van der Waals surface area contributed by atoms with Gasteiger partial charge >= 0.3 is 5.97 Å². The van der Waals surface area contributed by atoms with E-state index < -0.39 is 5.97 Å². The van der Waals surface area contributed by atoms with Crippen LogP contribution in [0.3, 0.4) is 0 Å². The van der Waals surface area contributed by atoms with Crippen LogP contribution >= 0.6 is 0 Å². The second kappa shape index (κ2) is 2.84. The van der Waals surface area contributed by atoms with E-state index in [2.05, 4.69) is 0 Å². The molecule has 2 rings (SSSR count). The SMILES string of the molecule is C[C@H]1[C@@H](C(=O)O)[C@]1(C)c1ccccc1. The number of carboxylic acid groups (broad SMARTS) is 1. The zero-order valence-electron chi connectivity index (χ0n) is 8.40. The molecule has 1 aliphatic carbocycles. The van der Waals surface area contributed by atoms with Gasteiger partial charge in [0, 0.05) is 5.41 Å². The standard InChI is InChI=1S/C12H14O2/c1-8-10(11(13)14)12(8,2)9-6-4-3-5-7-9/h3-8,10H,1-2H3,(H,13,14)/t8-,10-,12-/m0/s1. The molecule has 0 radical (unpaired) electrons. The van der Waals surface area contributed by atoms with E-state index in [1.165, 1.54) is 0 Å². The molecule has 0 amide bonds.